The van der Waals surface area contributed by atoms with Crippen molar-refractivity contribution in [2.75, 3.05) is 5.32 Å². The van der Waals surface area contributed by atoms with Gasteiger partial charge in [-0.25, -0.2) is 9.67 Å². The number of anilines is 1. The SMILES string of the molecule is Cc1cc(C(F)(F)F)nn1-c1ccc(CNc2nc(Cl)ncc2I)cc1. The minimum atomic E-state index is -4.46. The van der Waals surface area contributed by atoms with Crippen molar-refractivity contribution < 1.29 is 13.2 Å². The fraction of sp³-hybridized carbons (Fsp3) is 0.188. The van der Waals surface area contributed by atoms with Crippen LogP contribution in [0.15, 0.2) is 36.5 Å². The zero-order valence-electron chi connectivity index (χ0n) is 13.3. The average Bonchev–Trinajstić information content (AvgIpc) is 2.98. The Morgan fingerprint density at radius 2 is 1.92 bits per heavy atom. The van der Waals surface area contributed by atoms with Gasteiger partial charge in [0, 0.05) is 18.4 Å². The lowest BCUT2D eigenvalue weighted by atomic mass is 10.2. The van der Waals surface area contributed by atoms with Crippen LogP contribution in [-0.2, 0) is 12.7 Å². The van der Waals surface area contributed by atoms with Crippen LogP contribution in [0.3, 0.4) is 0 Å². The third kappa shape index (κ3) is 4.26. The normalized spacial score (nSPS) is 11.6. The molecule has 0 saturated carbocycles. The van der Waals surface area contributed by atoms with Crippen molar-refractivity contribution in [2.24, 2.45) is 0 Å². The number of halogens is 5. The molecule has 0 bridgehead atoms. The van der Waals surface area contributed by atoms with Crippen LogP contribution in [0, 0.1) is 10.5 Å². The number of nitrogens with one attached hydrogen (secondary N) is 1. The second kappa shape index (κ2) is 7.39. The van der Waals surface area contributed by atoms with Gasteiger partial charge in [-0.15, -0.1) is 0 Å². The topological polar surface area (TPSA) is 55.6 Å². The Labute approximate surface area is 165 Å². The van der Waals surface area contributed by atoms with Crippen LogP contribution in [0.25, 0.3) is 5.69 Å². The molecule has 0 aliphatic rings. The van der Waals surface area contributed by atoms with Crippen LogP contribution in [0.1, 0.15) is 17.0 Å². The number of alkyl halides is 3. The highest BCUT2D eigenvalue weighted by Gasteiger charge is 2.34. The Bertz CT molecular complexity index is 925. The molecule has 0 aliphatic carbocycles. The first-order valence-corrected chi connectivity index (χ1v) is 8.85. The first kappa shape index (κ1) is 18.9. The molecular formula is C16H12ClF3IN5. The zero-order valence-corrected chi connectivity index (χ0v) is 16.3. The van der Waals surface area contributed by atoms with Gasteiger partial charge in [-0.2, -0.15) is 23.3 Å². The molecule has 1 aromatic carbocycles. The van der Waals surface area contributed by atoms with E-state index in [1.807, 2.05) is 12.1 Å². The molecule has 5 nitrogen and oxygen atoms in total. The Kier molecular flexibility index (Phi) is 5.37. The van der Waals surface area contributed by atoms with Crippen molar-refractivity contribution in [1.82, 2.24) is 19.7 Å². The molecule has 3 rings (SSSR count). The van der Waals surface area contributed by atoms with Gasteiger partial charge in [-0.3, -0.25) is 0 Å². The molecule has 0 aliphatic heterocycles. The fourth-order valence-electron chi connectivity index (χ4n) is 2.28. The molecule has 0 amide bonds. The standard InChI is InChI=1S/C16H12ClF3IN5/c1-9-6-13(16(18,19)20)25-26(9)11-4-2-10(3-5-11)7-22-14-12(21)8-23-15(17)24-14/h2-6,8H,7H2,1H3,(H,22,23,24). The van der Waals surface area contributed by atoms with Crippen LogP contribution in [0.2, 0.25) is 5.28 Å². The summed E-state index contributed by atoms with van der Waals surface area (Å²) in [5, 5.41) is 6.94. The van der Waals surface area contributed by atoms with Crippen LogP contribution >= 0.6 is 34.2 Å². The minimum Gasteiger partial charge on any atom is -0.365 e. The van der Waals surface area contributed by atoms with Gasteiger partial charge in [0.1, 0.15) is 5.82 Å². The van der Waals surface area contributed by atoms with Gasteiger partial charge in [0.25, 0.3) is 0 Å². The molecule has 3 aromatic rings. The largest absolute Gasteiger partial charge is 0.435 e. The van der Waals surface area contributed by atoms with E-state index in [4.69, 9.17) is 11.6 Å². The maximum absolute atomic E-state index is 12.8. The molecule has 0 spiro atoms. The summed E-state index contributed by atoms with van der Waals surface area (Å²) in [4.78, 5) is 7.99. The van der Waals surface area contributed by atoms with Gasteiger partial charge < -0.3 is 5.32 Å². The molecular weight excluding hydrogens is 482 g/mol. The number of hydrogen-bond donors (Lipinski definition) is 1. The molecule has 0 unspecified atom stereocenters. The molecule has 26 heavy (non-hydrogen) atoms. The molecule has 1 N–H and O–H groups in total. The van der Waals surface area contributed by atoms with Gasteiger partial charge >= 0.3 is 6.18 Å². The van der Waals surface area contributed by atoms with Crippen LogP contribution < -0.4 is 5.32 Å². The van der Waals surface area contributed by atoms with Crippen molar-refractivity contribution in [3.8, 4) is 5.69 Å². The lowest BCUT2D eigenvalue weighted by molar-refractivity contribution is -0.141. The van der Waals surface area contributed by atoms with Crippen molar-refractivity contribution in [2.45, 2.75) is 19.6 Å². The monoisotopic (exact) mass is 493 g/mol. The molecule has 2 aromatic heterocycles. The molecule has 2 heterocycles. The highest BCUT2D eigenvalue weighted by molar-refractivity contribution is 14.1. The summed E-state index contributed by atoms with van der Waals surface area (Å²) in [6, 6.07) is 8.08. The van der Waals surface area contributed by atoms with Gasteiger partial charge in [0.15, 0.2) is 5.69 Å². The predicted molar refractivity (Wildman–Crippen MR) is 100 cm³/mol. The zero-order chi connectivity index (χ0) is 18.9. The van der Waals surface area contributed by atoms with Gasteiger partial charge in [-0.1, -0.05) is 12.1 Å². The Hall–Kier alpha value is -1.88. The van der Waals surface area contributed by atoms with Crippen molar-refractivity contribution in [3.05, 3.63) is 62.3 Å². The third-order valence-corrected chi connectivity index (χ3v) is 4.50. The van der Waals surface area contributed by atoms with E-state index in [-0.39, 0.29) is 5.28 Å². The molecule has 0 fully saturated rings. The van der Waals surface area contributed by atoms with Crippen LogP contribution in [-0.4, -0.2) is 19.7 Å². The van der Waals surface area contributed by atoms with E-state index >= 15 is 0 Å². The second-order valence-corrected chi connectivity index (χ2v) is 6.94. The summed E-state index contributed by atoms with van der Waals surface area (Å²) in [6.07, 6.45) is -2.85. The highest BCUT2D eigenvalue weighted by Crippen LogP contribution is 2.29. The maximum Gasteiger partial charge on any atom is 0.435 e. The van der Waals surface area contributed by atoms with Crippen molar-refractivity contribution in [3.63, 3.8) is 0 Å². The van der Waals surface area contributed by atoms with E-state index in [1.54, 1.807) is 25.3 Å². The van der Waals surface area contributed by atoms with Crippen molar-refractivity contribution in [1.29, 1.82) is 0 Å². The first-order valence-electron chi connectivity index (χ1n) is 7.39. The van der Waals surface area contributed by atoms with E-state index in [0.717, 1.165) is 15.2 Å². The second-order valence-electron chi connectivity index (χ2n) is 5.44. The predicted octanol–water partition coefficient (Wildman–Crippen LogP) is 4.86. The lowest BCUT2D eigenvalue weighted by Crippen LogP contribution is -2.07. The van der Waals surface area contributed by atoms with E-state index in [1.165, 1.54) is 4.68 Å². The smallest absolute Gasteiger partial charge is 0.365 e. The summed E-state index contributed by atoms with van der Waals surface area (Å²) in [5.41, 5.74) is 0.992. The van der Waals surface area contributed by atoms with Gasteiger partial charge in [-0.05, 0) is 64.9 Å². The van der Waals surface area contributed by atoms with E-state index in [9.17, 15) is 13.2 Å². The van der Waals surface area contributed by atoms with E-state index in [0.29, 0.717) is 23.7 Å². The van der Waals surface area contributed by atoms with Gasteiger partial charge in [0.2, 0.25) is 5.28 Å². The average molecular weight is 494 g/mol. The third-order valence-electron chi connectivity index (χ3n) is 3.53. The van der Waals surface area contributed by atoms with Crippen LogP contribution in [0.4, 0.5) is 19.0 Å². The number of nitrogens with zero attached hydrogens (tertiary/aromatic N) is 4. The van der Waals surface area contributed by atoms with E-state index in [2.05, 4.69) is 43.0 Å². The minimum absolute atomic E-state index is 0.151. The Morgan fingerprint density at radius 3 is 2.54 bits per heavy atom. The first-order chi connectivity index (χ1) is 12.2. The quantitative estimate of drug-likeness (QED) is 0.417. The molecule has 136 valence electrons. The summed E-state index contributed by atoms with van der Waals surface area (Å²) in [5.74, 6) is 0.618. The summed E-state index contributed by atoms with van der Waals surface area (Å²) >= 11 is 7.88. The Balaban J connectivity index is 1.75. The summed E-state index contributed by atoms with van der Waals surface area (Å²) < 4.78 is 40.4. The summed E-state index contributed by atoms with van der Waals surface area (Å²) in [6.45, 7) is 2.06. The number of aromatic nitrogens is 4. The number of aryl methyl sites for hydroxylation is 1. The molecule has 0 radical (unpaired) electrons. The fourth-order valence-corrected chi connectivity index (χ4v) is 2.87. The maximum atomic E-state index is 12.8. The number of hydrogen-bond acceptors (Lipinski definition) is 4. The number of rotatable bonds is 4. The van der Waals surface area contributed by atoms with Crippen LogP contribution in [0.5, 0.6) is 0 Å². The molecule has 0 saturated heterocycles. The lowest BCUT2D eigenvalue weighted by Gasteiger charge is -2.09. The van der Waals surface area contributed by atoms with Crippen molar-refractivity contribution >= 4 is 40.0 Å². The van der Waals surface area contributed by atoms with Gasteiger partial charge in [0.05, 0.1) is 9.26 Å². The molecule has 0 atom stereocenters. The summed E-state index contributed by atoms with van der Waals surface area (Å²) in [7, 11) is 0. The number of benzene rings is 1. The highest BCUT2D eigenvalue weighted by atomic mass is 127. The Morgan fingerprint density at radius 1 is 1.23 bits per heavy atom. The van der Waals surface area contributed by atoms with E-state index < -0.39 is 11.9 Å². The molecule has 10 heteroatoms.